The minimum Gasteiger partial charge on any atom is -0.452 e. The zero-order chi connectivity index (χ0) is 39.7. The molecule has 1 heterocycles. The Hall–Kier alpha value is -5.95. The molecule has 290 valence electrons. The van der Waals surface area contributed by atoms with E-state index < -0.39 is 58.4 Å². The van der Waals surface area contributed by atoms with E-state index in [1.165, 1.54) is 19.2 Å². The minimum absolute atomic E-state index is 0.156. The molecule has 0 spiro atoms. The molecule has 11 heteroatoms. The lowest BCUT2D eigenvalue weighted by atomic mass is 9.80. The molecule has 0 aromatic heterocycles. The Morgan fingerprint density at radius 1 is 0.544 bits per heavy atom. The van der Waals surface area contributed by atoms with E-state index in [-0.39, 0.29) is 22.6 Å². The van der Waals surface area contributed by atoms with Crippen LogP contribution < -0.4 is 0 Å². The molecular weight excluding hydrogens is 745 g/mol. The lowest BCUT2D eigenvalue weighted by molar-refractivity contribution is -0.292. The quantitative estimate of drug-likeness (QED) is 0.0620. The summed E-state index contributed by atoms with van der Waals surface area (Å²) in [6.07, 6.45) is -7.42. The normalized spacial score (nSPS) is 19.6. The van der Waals surface area contributed by atoms with Gasteiger partial charge in [0.15, 0.2) is 18.5 Å². The van der Waals surface area contributed by atoms with Gasteiger partial charge in [-0.05, 0) is 53.1 Å². The largest absolute Gasteiger partial charge is 0.452 e. The van der Waals surface area contributed by atoms with E-state index in [9.17, 15) is 18.0 Å². The number of ether oxygens (including phenoxy) is 5. The Labute approximate surface area is 331 Å². The van der Waals surface area contributed by atoms with Gasteiger partial charge < -0.3 is 23.7 Å². The lowest BCUT2D eigenvalue weighted by Gasteiger charge is -2.45. The molecule has 1 fully saturated rings. The van der Waals surface area contributed by atoms with Gasteiger partial charge in [-0.25, -0.2) is 9.59 Å². The SMILES string of the molecule is CO[C@H]1O[C@H](COC(c2ccccc2)(c2ccccc2)c2ccccc2)[C@@H](OS(=O)(=O)c2ccccc2)[C@H](OC(=O)c2ccccc2)[C@H]1OC(=O)c1ccccc1. The number of carbonyl (C=O) groups excluding carboxylic acids is 2. The second kappa shape index (κ2) is 17.9. The van der Waals surface area contributed by atoms with E-state index in [4.69, 9.17) is 27.9 Å². The molecule has 6 aromatic rings. The van der Waals surface area contributed by atoms with Crippen molar-refractivity contribution in [1.29, 1.82) is 0 Å². The van der Waals surface area contributed by atoms with Gasteiger partial charge in [-0.3, -0.25) is 4.18 Å². The van der Waals surface area contributed by atoms with Crippen molar-refractivity contribution in [2.24, 2.45) is 0 Å². The lowest BCUT2D eigenvalue weighted by Crippen LogP contribution is -2.63. The molecule has 5 atom stereocenters. The number of benzene rings is 6. The van der Waals surface area contributed by atoms with Crippen molar-refractivity contribution < 1.29 is 45.9 Å². The van der Waals surface area contributed by atoms with Crippen LogP contribution in [0.5, 0.6) is 0 Å². The smallest absolute Gasteiger partial charge is 0.338 e. The third-order valence-electron chi connectivity index (χ3n) is 9.60. The van der Waals surface area contributed by atoms with E-state index in [1.807, 2.05) is 91.0 Å². The highest BCUT2D eigenvalue weighted by Gasteiger charge is 2.54. The average Bonchev–Trinajstić information content (AvgIpc) is 3.27. The second-order valence-electron chi connectivity index (χ2n) is 13.2. The van der Waals surface area contributed by atoms with Crippen LogP contribution in [0.4, 0.5) is 0 Å². The highest BCUT2D eigenvalue weighted by atomic mass is 32.2. The van der Waals surface area contributed by atoms with Gasteiger partial charge in [0.2, 0.25) is 0 Å². The van der Waals surface area contributed by atoms with E-state index in [1.54, 1.807) is 78.9 Å². The fraction of sp³-hybridized carbons (Fsp3) is 0.174. The molecule has 1 saturated heterocycles. The van der Waals surface area contributed by atoms with Gasteiger partial charge >= 0.3 is 11.9 Å². The first-order valence-electron chi connectivity index (χ1n) is 18.3. The van der Waals surface area contributed by atoms with Gasteiger partial charge in [0.1, 0.15) is 17.8 Å². The van der Waals surface area contributed by atoms with Crippen molar-refractivity contribution in [2.75, 3.05) is 13.7 Å². The fourth-order valence-corrected chi connectivity index (χ4v) is 8.00. The summed E-state index contributed by atoms with van der Waals surface area (Å²) >= 11 is 0. The van der Waals surface area contributed by atoms with Crippen molar-refractivity contribution in [3.8, 4) is 0 Å². The maximum Gasteiger partial charge on any atom is 0.338 e. The number of rotatable bonds is 14. The molecule has 0 aliphatic carbocycles. The monoisotopic (exact) mass is 784 g/mol. The van der Waals surface area contributed by atoms with Crippen LogP contribution >= 0.6 is 0 Å². The topological polar surface area (TPSA) is 124 Å². The van der Waals surface area contributed by atoms with Crippen LogP contribution in [0.2, 0.25) is 0 Å². The molecule has 10 nitrogen and oxygen atoms in total. The summed E-state index contributed by atoms with van der Waals surface area (Å²) in [6, 6.07) is 52.6. The highest BCUT2D eigenvalue weighted by Crippen LogP contribution is 2.42. The number of esters is 2. The maximum atomic E-state index is 14.1. The molecule has 0 unspecified atom stereocenters. The van der Waals surface area contributed by atoms with Crippen LogP contribution in [0.25, 0.3) is 0 Å². The molecule has 0 N–H and O–H groups in total. The summed E-state index contributed by atoms with van der Waals surface area (Å²) in [7, 11) is -3.23. The molecule has 57 heavy (non-hydrogen) atoms. The van der Waals surface area contributed by atoms with Crippen LogP contribution in [0.1, 0.15) is 37.4 Å². The van der Waals surface area contributed by atoms with E-state index in [0.29, 0.717) is 0 Å². The summed E-state index contributed by atoms with van der Waals surface area (Å²) in [5.41, 5.74) is 1.43. The Kier molecular flexibility index (Phi) is 12.3. The zero-order valence-electron chi connectivity index (χ0n) is 30.9. The molecule has 7 rings (SSSR count). The second-order valence-corrected chi connectivity index (χ2v) is 14.7. The van der Waals surface area contributed by atoms with Crippen molar-refractivity contribution in [3.63, 3.8) is 0 Å². The predicted molar refractivity (Wildman–Crippen MR) is 211 cm³/mol. The molecular formula is C46H40O10S. The summed E-state index contributed by atoms with van der Waals surface area (Å²) in [6.45, 7) is -0.327. The van der Waals surface area contributed by atoms with Gasteiger partial charge in [-0.15, -0.1) is 0 Å². The fourth-order valence-electron chi connectivity index (χ4n) is 6.87. The van der Waals surface area contributed by atoms with Crippen molar-refractivity contribution in [3.05, 3.63) is 210 Å². The van der Waals surface area contributed by atoms with Gasteiger partial charge in [-0.2, -0.15) is 8.42 Å². The van der Waals surface area contributed by atoms with Crippen LogP contribution in [0.3, 0.4) is 0 Å². The number of hydrogen-bond donors (Lipinski definition) is 0. The van der Waals surface area contributed by atoms with Crippen LogP contribution in [0.15, 0.2) is 187 Å². The summed E-state index contributed by atoms with van der Waals surface area (Å²) in [5.74, 6) is -1.61. The van der Waals surface area contributed by atoms with E-state index in [0.717, 1.165) is 16.7 Å². The summed E-state index contributed by atoms with van der Waals surface area (Å²) in [5, 5.41) is 0. The Balaban J connectivity index is 1.35. The molecule has 0 radical (unpaired) electrons. The van der Waals surface area contributed by atoms with Gasteiger partial charge in [0.05, 0.1) is 22.6 Å². The first kappa shape index (κ1) is 39.3. The van der Waals surface area contributed by atoms with Crippen LogP contribution in [-0.4, -0.2) is 64.8 Å². The summed E-state index contributed by atoms with van der Waals surface area (Å²) < 4.78 is 65.8. The molecule has 6 aromatic carbocycles. The Bertz CT molecular complexity index is 2220. The van der Waals surface area contributed by atoms with Crippen LogP contribution in [-0.2, 0) is 43.6 Å². The van der Waals surface area contributed by atoms with Crippen LogP contribution in [0, 0.1) is 0 Å². The standard InChI is InChI=1S/C46H40O10S/c1-51-45-42(55-44(48)34-22-10-3-11-23-34)41(54-43(47)33-20-8-2-9-21-33)40(56-57(49,50)38-30-18-7-19-31-38)39(53-45)32-52-46(35-24-12-4-13-25-35,36-26-14-5-15-27-36)37-28-16-6-17-29-37/h2-31,39-42,45H,32H2,1H3/t39-,40-,41+,42-,45+/m1/s1. The predicted octanol–water partition coefficient (Wildman–Crippen LogP) is 7.59. The first-order valence-corrected chi connectivity index (χ1v) is 19.7. The van der Waals surface area contributed by atoms with E-state index in [2.05, 4.69) is 0 Å². The van der Waals surface area contributed by atoms with Gasteiger partial charge in [-0.1, -0.05) is 146 Å². The summed E-state index contributed by atoms with van der Waals surface area (Å²) in [4.78, 5) is 27.4. The highest BCUT2D eigenvalue weighted by molar-refractivity contribution is 7.86. The third kappa shape index (κ3) is 8.73. The minimum atomic E-state index is -4.57. The van der Waals surface area contributed by atoms with Crippen molar-refractivity contribution >= 4 is 22.1 Å². The number of hydrogen-bond acceptors (Lipinski definition) is 10. The Morgan fingerprint density at radius 2 is 0.930 bits per heavy atom. The maximum absolute atomic E-state index is 14.1. The van der Waals surface area contributed by atoms with Crippen molar-refractivity contribution in [1.82, 2.24) is 0 Å². The molecule has 1 aliphatic heterocycles. The zero-order valence-corrected chi connectivity index (χ0v) is 31.7. The van der Waals surface area contributed by atoms with Crippen molar-refractivity contribution in [2.45, 2.75) is 41.2 Å². The molecule has 1 aliphatic rings. The molecule has 0 saturated carbocycles. The van der Waals surface area contributed by atoms with Gasteiger partial charge in [0, 0.05) is 7.11 Å². The van der Waals surface area contributed by atoms with Gasteiger partial charge in [0.25, 0.3) is 10.1 Å². The average molecular weight is 785 g/mol. The molecule has 0 bridgehead atoms. The molecule has 0 amide bonds. The third-order valence-corrected chi connectivity index (χ3v) is 10.9. The Morgan fingerprint density at radius 3 is 1.35 bits per heavy atom. The van der Waals surface area contributed by atoms with E-state index >= 15 is 0 Å². The number of methoxy groups -OCH3 is 1. The number of carbonyl (C=O) groups is 2. The first-order chi connectivity index (χ1) is 27.8.